The lowest BCUT2D eigenvalue weighted by molar-refractivity contribution is 0.439. The number of sulfonamides is 1. The van der Waals surface area contributed by atoms with E-state index in [4.69, 9.17) is 5.73 Å². The summed E-state index contributed by atoms with van der Waals surface area (Å²) in [6, 6.07) is 0. The maximum absolute atomic E-state index is 12.3. The van der Waals surface area contributed by atoms with Gasteiger partial charge < -0.3 is 5.73 Å². The minimum absolute atomic E-state index is 0.0172. The first-order valence-corrected chi connectivity index (χ1v) is 8.56. The Hall–Kier alpha value is -0.930. The number of hydrogen-bond donors (Lipinski definition) is 1. The van der Waals surface area contributed by atoms with E-state index in [1.807, 2.05) is 6.92 Å². The number of nitrogens with two attached hydrogens (primary N) is 1. The van der Waals surface area contributed by atoms with Crippen LogP contribution in [-0.2, 0) is 27.4 Å². The zero-order chi connectivity index (χ0) is 13.3. The summed E-state index contributed by atoms with van der Waals surface area (Å²) in [5.41, 5.74) is 5.64. The van der Waals surface area contributed by atoms with E-state index in [1.165, 1.54) is 15.2 Å². The molecule has 1 aromatic heterocycles. The van der Waals surface area contributed by atoms with Crippen molar-refractivity contribution in [3.8, 4) is 0 Å². The molecule has 0 unspecified atom stereocenters. The molecule has 9 heteroatoms. The summed E-state index contributed by atoms with van der Waals surface area (Å²) in [7, 11) is -4.53. The summed E-state index contributed by atoms with van der Waals surface area (Å²) in [5, 5.41) is 3.93. The van der Waals surface area contributed by atoms with Crippen LogP contribution in [0, 0.1) is 0 Å². The van der Waals surface area contributed by atoms with Crippen molar-refractivity contribution >= 4 is 26.6 Å². The zero-order valence-corrected chi connectivity index (χ0v) is 11.7. The highest BCUT2D eigenvalue weighted by Crippen LogP contribution is 2.22. The molecule has 7 nitrogen and oxygen atoms in total. The van der Waals surface area contributed by atoms with Gasteiger partial charge in [-0.25, -0.2) is 8.42 Å². The number of anilines is 1. The van der Waals surface area contributed by atoms with Gasteiger partial charge in [0.25, 0.3) is 0 Å². The number of aryl methyl sites for hydroxylation is 1. The van der Waals surface area contributed by atoms with Crippen molar-refractivity contribution in [3.05, 3.63) is 6.20 Å². The van der Waals surface area contributed by atoms with Crippen LogP contribution < -0.4 is 5.73 Å². The molecule has 1 aromatic rings. The molecule has 0 atom stereocenters. The maximum atomic E-state index is 12.3. The van der Waals surface area contributed by atoms with Crippen molar-refractivity contribution in [2.24, 2.45) is 0 Å². The number of rotatable bonds is 3. The van der Waals surface area contributed by atoms with Crippen molar-refractivity contribution in [2.75, 3.05) is 30.3 Å². The molecule has 0 radical (unpaired) electrons. The molecule has 102 valence electrons. The van der Waals surface area contributed by atoms with E-state index in [9.17, 15) is 12.6 Å². The van der Waals surface area contributed by atoms with Crippen molar-refractivity contribution in [1.82, 2.24) is 14.1 Å². The minimum Gasteiger partial charge on any atom is -0.381 e. The molecule has 1 aliphatic heterocycles. The van der Waals surface area contributed by atoms with Gasteiger partial charge in [0.15, 0.2) is 5.82 Å². The number of nitrogen functional groups attached to an aromatic ring is 1. The van der Waals surface area contributed by atoms with Gasteiger partial charge in [-0.15, -0.1) is 0 Å². The predicted molar refractivity (Wildman–Crippen MR) is 68.9 cm³/mol. The van der Waals surface area contributed by atoms with E-state index in [0.29, 0.717) is 18.1 Å². The average molecular weight is 292 g/mol. The highest BCUT2D eigenvalue weighted by atomic mass is 32.2. The van der Waals surface area contributed by atoms with Crippen LogP contribution >= 0.6 is 0 Å². The molecule has 0 aromatic carbocycles. The fourth-order valence-corrected chi connectivity index (χ4v) is 4.56. The van der Waals surface area contributed by atoms with E-state index < -0.39 is 20.8 Å². The zero-order valence-electron chi connectivity index (χ0n) is 10.1. The van der Waals surface area contributed by atoms with E-state index >= 15 is 0 Å². The normalized spacial score (nSPS) is 19.2. The van der Waals surface area contributed by atoms with Crippen molar-refractivity contribution in [3.63, 3.8) is 0 Å². The Balaban J connectivity index is 2.30. The molecule has 0 bridgehead atoms. The number of hydrogen-bond acceptors (Lipinski definition) is 5. The van der Waals surface area contributed by atoms with Gasteiger partial charge in [0.2, 0.25) is 10.0 Å². The van der Waals surface area contributed by atoms with Crippen LogP contribution in [-0.4, -0.2) is 51.3 Å². The van der Waals surface area contributed by atoms with Crippen LogP contribution in [0.2, 0.25) is 0 Å². The molecule has 0 aliphatic carbocycles. The molecule has 0 amide bonds. The second kappa shape index (κ2) is 4.98. The fourth-order valence-electron chi connectivity index (χ4n) is 1.78. The summed E-state index contributed by atoms with van der Waals surface area (Å²) in [4.78, 5) is 0.0389. The second-order valence-corrected chi connectivity index (χ2v) is 7.59. The SMILES string of the molecule is CCn1cc(S(=O)(=O)N2CCS(=O)CC2)c(N)n1. The van der Waals surface area contributed by atoms with Gasteiger partial charge in [-0.1, -0.05) is 0 Å². The molecule has 2 heterocycles. The lowest BCUT2D eigenvalue weighted by atomic mass is 10.6. The van der Waals surface area contributed by atoms with Crippen LogP contribution in [0.4, 0.5) is 5.82 Å². The quantitative estimate of drug-likeness (QED) is 0.789. The van der Waals surface area contributed by atoms with E-state index in [2.05, 4.69) is 5.10 Å². The number of nitrogens with zero attached hydrogens (tertiary/aromatic N) is 3. The smallest absolute Gasteiger partial charge is 0.248 e. The molecule has 1 aliphatic rings. The molecule has 18 heavy (non-hydrogen) atoms. The van der Waals surface area contributed by atoms with Gasteiger partial charge >= 0.3 is 0 Å². The molecule has 2 N–H and O–H groups in total. The molecule has 1 fully saturated rings. The molecular formula is C9H16N4O3S2. The first-order valence-electron chi connectivity index (χ1n) is 5.63. The Bertz CT molecular complexity index is 556. The molecule has 1 saturated heterocycles. The third-order valence-electron chi connectivity index (χ3n) is 2.83. The van der Waals surface area contributed by atoms with Gasteiger partial charge in [-0.3, -0.25) is 8.89 Å². The van der Waals surface area contributed by atoms with Crippen molar-refractivity contribution in [2.45, 2.75) is 18.4 Å². The highest BCUT2D eigenvalue weighted by Gasteiger charge is 2.31. The average Bonchev–Trinajstić information content (AvgIpc) is 2.72. The first kappa shape index (κ1) is 13.5. The molecule has 2 rings (SSSR count). The third kappa shape index (κ3) is 2.43. The van der Waals surface area contributed by atoms with Crippen molar-refractivity contribution in [1.29, 1.82) is 0 Å². The summed E-state index contributed by atoms with van der Waals surface area (Å²) in [6.45, 7) is 2.95. The second-order valence-electron chi connectivity index (χ2n) is 3.99. The third-order valence-corrected chi connectivity index (χ3v) is 6.02. The first-order chi connectivity index (χ1) is 8.45. The summed E-state index contributed by atoms with van der Waals surface area (Å²) >= 11 is 0. The van der Waals surface area contributed by atoms with Gasteiger partial charge in [0.1, 0.15) is 4.90 Å². The van der Waals surface area contributed by atoms with Crippen LogP contribution in [0.15, 0.2) is 11.1 Å². The van der Waals surface area contributed by atoms with Gasteiger partial charge in [-0.2, -0.15) is 9.40 Å². The standard InChI is InChI=1S/C9H16N4O3S2/c1-2-12-7-8(9(10)11-12)18(15,16)13-3-5-17(14)6-4-13/h7H,2-6H2,1H3,(H2,10,11). The highest BCUT2D eigenvalue weighted by molar-refractivity contribution is 7.89. The summed E-state index contributed by atoms with van der Waals surface area (Å²) < 4.78 is 38.7. The Morgan fingerprint density at radius 3 is 2.56 bits per heavy atom. The lowest BCUT2D eigenvalue weighted by Gasteiger charge is -2.24. The Morgan fingerprint density at radius 2 is 2.06 bits per heavy atom. The predicted octanol–water partition coefficient (Wildman–Crippen LogP) is -0.762. The monoisotopic (exact) mass is 292 g/mol. The summed E-state index contributed by atoms with van der Waals surface area (Å²) in [5.74, 6) is 0.769. The summed E-state index contributed by atoms with van der Waals surface area (Å²) in [6.07, 6.45) is 1.44. The number of aromatic nitrogens is 2. The van der Waals surface area contributed by atoms with E-state index in [0.717, 1.165) is 0 Å². The molecular weight excluding hydrogens is 276 g/mol. The minimum atomic E-state index is -3.61. The van der Waals surface area contributed by atoms with E-state index in [-0.39, 0.29) is 23.8 Å². The fraction of sp³-hybridized carbons (Fsp3) is 0.667. The molecule has 0 spiro atoms. The van der Waals surface area contributed by atoms with Crippen LogP contribution in [0.5, 0.6) is 0 Å². The van der Waals surface area contributed by atoms with Crippen LogP contribution in [0.1, 0.15) is 6.92 Å². The largest absolute Gasteiger partial charge is 0.381 e. The molecule has 0 saturated carbocycles. The van der Waals surface area contributed by atoms with Gasteiger partial charge in [0.05, 0.1) is 0 Å². The van der Waals surface area contributed by atoms with Crippen LogP contribution in [0.3, 0.4) is 0 Å². The Labute approximate surface area is 108 Å². The van der Waals surface area contributed by atoms with Crippen LogP contribution in [0.25, 0.3) is 0 Å². The Morgan fingerprint density at radius 1 is 1.44 bits per heavy atom. The van der Waals surface area contributed by atoms with Crippen molar-refractivity contribution < 1.29 is 12.6 Å². The maximum Gasteiger partial charge on any atom is 0.248 e. The topological polar surface area (TPSA) is 98.3 Å². The van der Waals surface area contributed by atoms with Gasteiger partial charge in [0, 0.05) is 48.1 Å². The Kier molecular flexibility index (Phi) is 3.74. The van der Waals surface area contributed by atoms with E-state index in [1.54, 1.807) is 0 Å². The van der Waals surface area contributed by atoms with Gasteiger partial charge in [-0.05, 0) is 6.92 Å². The lowest BCUT2D eigenvalue weighted by Crippen LogP contribution is -2.41.